The number of methoxy groups -OCH3 is 1. The van der Waals surface area contributed by atoms with E-state index >= 15 is 0 Å². The molecule has 1 aromatic carbocycles. The van der Waals surface area contributed by atoms with Crippen molar-refractivity contribution < 1.29 is 22.7 Å². The molecule has 0 bridgehead atoms. The average molecular weight is 327 g/mol. The molecule has 2 aromatic rings. The number of hydrogen-bond donors (Lipinski definition) is 0. The quantitative estimate of drug-likeness (QED) is 0.787. The van der Waals surface area contributed by atoms with E-state index in [2.05, 4.69) is 0 Å². The summed E-state index contributed by atoms with van der Waals surface area (Å²) in [6, 6.07) is 5.19. The minimum Gasteiger partial charge on any atom is -0.489 e. The van der Waals surface area contributed by atoms with E-state index in [1.807, 2.05) is 0 Å². The first-order chi connectivity index (χ1) is 9.90. The fourth-order valence-corrected chi connectivity index (χ4v) is 4.17. The zero-order valence-electron chi connectivity index (χ0n) is 11.5. The highest BCUT2D eigenvalue weighted by atomic mass is 32.2. The lowest BCUT2D eigenvalue weighted by Gasteiger charge is -2.29. The lowest BCUT2D eigenvalue weighted by Crippen LogP contribution is -2.37. The third-order valence-electron chi connectivity index (χ3n) is 3.21. The maximum Gasteiger partial charge on any atom is 0.348 e. The number of anilines is 1. The normalized spacial score (nSPS) is 14.7. The van der Waals surface area contributed by atoms with Gasteiger partial charge in [0.05, 0.1) is 25.6 Å². The molecule has 112 valence electrons. The second kappa shape index (κ2) is 4.88. The van der Waals surface area contributed by atoms with Gasteiger partial charge in [-0.1, -0.05) is 0 Å². The van der Waals surface area contributed by atoms with Crippen LogP contribution >= 0.6 is 11.3 Å². The fourth-order valence-electron chi connectivity index (χ4n) is 2.27. The predicted octanol–water partition coefficient (Wildman–Crippen LogP) is 1.85. The number of esters is 1. The highest BCUT2D eigenvalue weighted by Crippen LogP contribution is 2.39. The molecule has 0 spiro atoms. The van der Waals surface area contributed by atoms with Gasteiger partial charge in [0.25, 0.3) is 0 Å². The van der Waals surface area contributed by atoms with Gasteiger partial charge in [-0.25, -0.2) is 13.2 Å². The number of carbonyl (C=O) groups excluding carboxylic acids is 1. The molecule has 8 heteroatoms. The van der Waals surface area contributed by atoms with Crippen LogP contribution in [-0.4, -0.2) is 40.9 Å². The predicted molar refractivity (Wildman–Crippen MR) is 80.8 cm³/mol. The van der Waals surface area contributed by atoms with Gasteiger partial charge in [0, 0.05) is 10.8 Å². The zero-order valence-corrected chi connectivity index (χ0v) is 13.1. The van der Waals surface area contributed by atoms with Crippen LogP contribution < -0.4 is 9.04 Å². The SMILES string of the molecule is COC(=O)c1cc2cc3c(cc2s1)OCCN3S(C)(=O)=O. The number of thiophene rings is 1. The molecule has 6 nitrogen and oxygen atoms in total. The second-order valence-corrected chi connectivity index (χ2v) is 7.63. The molecule has 0 saturated heterocycles. The molecule has 1 aliphatic rings. The highest BCUT2D eigenvalue weighted by Gasteiger charge is 2.26. The zero-order chi connectivity index (χ0) is 15.2. The summed E-state index contributed by atoms with van der Waals surface area (Å²) < 4.78 is 36.1. The molecule has 2 heterocycles. The first-order valence-electron chi connectivity index (χ1n) is 6.16. The standard InChI is InChI=1S/C13H13NO5S2/c1-18-13(15)12-6-8-5-9-10(7-11(8)20-12)19-4-3-14(9)21(2,16)17/h5-7H,3-4H2,1-2H3. The third kappa shape index (κ3) is 2.44. The van der Waals surface area contributed by atoms with Crippen molar-refractivity contribution >= 4 is 43.1 Å². The maximum atomic E-state index is 11.8. The third-order valence-corrected chi connectivity index (χ3v) is 5.46. The van der Waals surface area contributed by atoms with E-state index in [-0.39, 0.29) is 6.54 Å². The van der Waals surface area contributed by atoms with E-state index in [4.69, 9.17) is 9.47 Å². The number of benzene rings is 1. The van der Waals surface area contributed by atoms with E-state index in [9.17, 15) is 13.2 Å². The number of nitrogens with zero attached hydrogens (tertiary/aromatic N) is 1. The molecule has 0 saturated carbocycles. The van der Waals surface area contributed by atoms with Crippen LogP contribution in [0.5, 0.6) is 5.75 Å². The van der Waals surface area contributed by atoms with Crippen molar-refractivity contribution in [3.05, 3.63) is 23.1 Å². The number of sulfonamides is 1. The number of fused-ring (bicyclic) bond motifs is 2. The van der Waals surface area contributed by atoms with Gasteiger partial charge in [0.1, 0.15) is 17.2 Å². The molecule has 1 aliphatic heterocycles. The first kappa shape index (κ1) is 14.2. The van der Waals surface area contributed by atoms with Gasteiger partial charge in [-0.15, -0.1) is 11.3 Å². The topological polar surface area (TPSA) is 72.9 Å². The first-order valence-corrected chi connectivity index (χ1v) is 8.83. The van der Waals surface area contributed by atoms with E-state index in [0.29, 0.717) is 22.9 Å². The van der Waals surface area contributed by atoms with Gasteiger partial charge in [0.15, 0.2) is 0 Å². The molecule has 0 fully saturated rings. The van der Waals surface area contributed by atoms with E-state index < -0.39 is 16.0 Å². The number of hydrogen-bond acceptors (Lipinski definition) is 6. The fraction of sp³-hybridized carbons (Fsp3) is 0.308. The van der Waals surface area contributed by atoms with Crippen molar-refractivity contribution in [3.63, 3.8) is 0 Å². The van der Waals surface area contributed by atoms with E-state index in [0.717, 1.165) is 10.1 Å². The minimum atomic E-state index is -3.36. The number of ether oxygens (including phenoxy) is 2. The summed E-state index contributed by atoms with van der Waals surface area (Å²) in [7, 11) is -2.03. The van der Waals surface area contributed by atoms with Gasteiger partial charge in [-0.3, -0.25) is 4.31 Å². The van der Waals surface area contributed by atoms with Gasteiger partial charge in [0.2, 0.25) is 10.0 Å². The summed E-state index contributed by atoms with van der Waals surface area (Å²) in [6.07, 6.45) is 1.17. The van der Waals surface area contributed by atoms with Crippen LogP contribution in [0.2, 0.25) is 0 Å². The molecule has 21 heavy (non-hydrogen) atoms. The van der Waals surface area contributed by atoms with Crippen LogP contribution in [0.15, 0.2) is 18.2 Å². The molecular weight excluding hydrogens is 314 g/mol. The summed E-state index contributed by atoms with van der Waals surface area (Å²) in [5.41, 5.74) is 0.505. The van der Waals surface area contributed by atoms with E-state index in [1.165, 1.54) is 29.0 Å². The van der Waals surface area contributed by atoms with E-state index in [1.54, 1.807) is 18.2 Å². The van der Waals surface area contributed by atoms with Gasteiger partial charge >= 0.3 is 5.97 Å². The monoisotopic (exact) mass is 327 g/mol. The largest absolute Gasteiger partial charge is 0.489 e. The van der Waals surface area contributed by atoms with Crippen molar-refractivity contribution in [1.82, 2.24) is 0 Å². The number of rotatable bonds is 2. The molecule has 0 unspecified atom stereocenters. The molecule has 0 N–H and O–H groups in total. The van der Waals surface area contributed by atoms with Crippen molar-refractivity contribution in [2.24, 2.45) is 0 Å². The van der Waals surface area contributed by atoms with Crippen molar-refractivity contribution in [2.75, 3.05) is 30.8 Å². The Morgan fingerprint density at radius 1 is 1.38 bits per heavy atom. The van der Waals surface area contributed by atoms with Crippen LogP contribution in [0.4, 0.5) is 5.69 Å². The molecule has 0 atom stereocenters. The Morgan fingerprint density at radius 3 is 2.81 bits per heavy atom. The summed E-state index contributed by atoms with van der Waals surface area (Å²) in [5.74, 6) is 0.104. The second-order valence-electron chi connectivity index (χ2n) is 4.64. The van der Waals surface area contributed by atoms with Crippen molar-refractivity contribution in [2.45, 2.75) is 0 Å². The van der Waals surface area contributed by atoms with Crippen molar-refractivity contribution in [3.8, 4) is 5.75 Å². The summed E-state index contributed by atoms with van der Waals surface area (Å²) in [6.45, 7) is 0.589. The molecule has 0 aliphatic carbocycles. The van der Waals surface area contributed by atoms with Gasteiger partial charge < -0.3 is 9.47 Å². The highest BCUT2D eigenvalue weighted by molar-refractivity contribution is 7.92. The summed E-state index contributed by atoms with van der Waals surface area (Å²) in [5, 5.41) is 0.790. The summed E-state index contributed by atoms with van der Waals surface area (Å²) >= 11 is 1.29. The lowest BCUT2D eigenvalue weighted by atomic mass is 10.2. The number of carbonyl (C=O) groups is 1. The van der Waals surface area contributed by atoms with Gasteiger partial charge in [-0.2, -0.15) is 0 Å². The van der Waals surface area contributed by atoms with Crippen LogP contribution in [-0.2, 0) is 14.8 Å². The molecule has 1 aromatic heterocycles. The lowest BCUT2D eigenvalue weighted by molar-refractivity contribution is 0.0606. The Kier molecular flexibility index (Phi) is 3.29. The Balaban J connectivity index is 2.17. The Morgan fingerprint density at radius 2 is 2.14 bits per heavy atom. The van der Waals surface area contributed by atoms with Crippen LogP contribution in [0, 0.1) is 0 Å². The smallest absolute Gasteiger partial charge is 0.348 e. The molecular formula is C13H13NO5S2. The molecule has 0 amide bonds. The summed E-state index contributed by atoms with van der Waals surface area (Å²) in [4.78, 5) is 12.1. The van der Waals surface area contributed by atoms with Crippen LogP contribution in [0.3, 0.4) is 0 Å². The Hall–Kier alpha value is -1.80. The molecule has 0 radical (unpaired) electrons. The molecule has 3 rings (SSSR count). The Bertz CT molecular complexity index is 824. The Labute approximate surface area is 125 Å². The van der Waals surface area contributed by atoms with Crippen molar-refractivity contribution in [1.29, 1.82) is 0 Å². The minimum absolute atomic E-state index is 0.283. The van der Waals surface area contributed by atoms with Gasteiger partial charge in [-0.05, 0) is 17.5 Å². The average Bonchev–Trinajstić information content (AvgIpc) is 2.84. The van der Waals surface area contributed by atoms with Crippen LogP contribution in [0.1, 0.15) is 9.67 Å². The van der Waals surface area contributed by atoms with Crippen LogP contribution in [0.25, 0.3) is 10.1 Å². The maximum absolute atomic E-state index is 11.8.